The van der Waals surface area contributed by atoms with Gasteiger partial charge in [0.2, 0.25) is 5.95 Å². The molecule has 3 aromatic rings. The van der Waals surface area contributed by atoms with Gasteiger partial charge in [0.1, 0.15) is 11.6 Å². The van der Waals surface area contributed by atoms with E-state index in [0.29, 0.717) is 17.7 Å². The molecule has 1 aromatic carbocycles. The predicted octanol–water partition coefficient (Wildman–Crippen LogP) is 2.37. The predicted molar refractivity (Wildman–Crippen MR) is 100 cm³/mol. The molecule has 2 heterocycles. The van der Waals surface area contributed by atoms with E-state index in [4.69, 9.17) is 5.73 Å². The highest BCUT2D eigenvalue weighted by atomic mass is 19.1. The lowest BCUT2D eigenvalue weighted by atomic mass is 10.0. The number of carbonyl (C=O) groups excluding carboxylic acids is 1. The first-order valence-corrected chi connectivity index (χ1v) is 8.40. The Balaban J connectivity index is 1.86. The number of nitrogens with two attached hydrogens (primary N) is 1. The van der Waals surface area contributed by atoms with Gasteiger partial charge in [-0.25, -0.2) is 9.37 Å². The van der Waals surface area contributed by atoms with Crippen molar-refractivity contribution in [3.8, 4) is 0 Å². The van der Waals surface area contributed by atoms with Crippen LogP contribution >= 0.6 is 0 Å². The van der Waals surface area contributed by atoms with E-state index in [2.05, 4.69) is 25.7 Å². The van der Waals surface area contributed by atoms with Gasteiger partial charge in [-0.3, -0.25) is 9.48 Å². The van der Waals surface area contributed by atoms with E-state index in [-0.39, 0.29) is 29.7 Å². The number of aromatic nitrogens is 4. The molecule has 0 saturated carbocycles. The topological polar surface area (TPSA) is 111 Å². The van der Waals surface area contributed by atoms with Gasteiger partial charge >= 0.3 is 0 Å². The first-order valence-electron chi connectivity index (χ1n) is 8.40. The summed E-state index contributed by atoms with van der Waals surface area (Å²) in [6.07, 6.45) is 5.39. The Labute approximate surface area is 155 Å². The lowest BCUT2D eigenvalue weighted by molar-refractivity contribution is 0.100. The number of halogens is 1. The van der Waals surface area contributed by atoms with Gasteiger partial charge < -0.3 is 16.4 Å². The first kappa shape index (κ1) is 18.3. The van der Waals surface area contributed by atoms with Gasteiger partial charge in [0.25, 0.3) is 5.91 Å². The van der Waals surface area contributed by atoms with Crippen LogP contribution in [0.25, 0.3) is 0 Å². The van der Waals surface area contributed by atoms with Crippen LogP contribution < -0.4 is 16.4 Å². The summed E-state index contributed by atoms with van der Waals surface area (Å²) in [5.74, 6) is -0.492. The van der Waals surface area contributed by atoms with Crippen molar-refractivity contribution in [1.29, 1.82) is 0 Å². The summed E-state index contributed by atoms with van der Waals surface area (Å²) < 4.78 is 15.8. The Morgan fingerprint density at radius 3 is 2.81 bits per heavy atom. The number of benzene rings is 1. The summed E-state index contributed by atoms with van der Waals surface area (Å²) in [6, 6.07) is 4.94. The van der Waals surface area contributed by atoms with Crippen LogP contribution in [-0.4, -0.2) is 25.7 Å². The Bertz CT molecular complexity index is 970. The Morgan fingerprint density at radius 1 is 1.33 bits per heavy atom. The van der Waals surface area contributed by atoms with Crippen LogP contribution in [0.3, 0.4) is 0 Å². The third-order valence-electron chi connectivity index (χ3n) is 4.04. The molecule has 1 amide bonds. The van der Waals surface area contributed by atoms with E-state index in [1.807, 2.05) is 13.0 Å². The Kier molecular flexibility index (Phi) is 5.30. The van der Waals surface area contributed by atoms with Gasteiger partial charge in [0.05, 0.1) is 17.4 Å². The van der Waals surface area contributed by atoms with E-state index in [1.54, 1.807) is 30.2 Å². The average Bonchev–Trinajstić information content (AvgIpc) is 3.05. The molecule has 27 heavy (non-hydrogen) atoms. The van der Waals surface area contributed by atoms with Crippen molar-refractivity contribution in [3.63, 3.8) is 0 Å². The molecule has 3 rings (SSSR count). The van der Waals surface area contributed by atoms with Crippen LogP contribution in [0.2, 0.25) is 0 Å². The lowest BCUT2D eigenvalue weighted by Crippen LogP contribution is -2.17. The van der Waals surface area contributed by atoms with E-state index < -0.39 is 5.91 Å². The van der Waals surface area contributed by atoms with E-state index >= 15 is 0 Å². The van der Waals surface area contributed by atoms with Crippen molar-refractivity contribution in [2.45, 2.75) is 19.9 Å². The SMILES string of the molecule is CCc1cccc(F)c1CNc1nc(Nc2cnn(C)c2)ncc1C(N)=O. The highest BCUT2D eigenvalue weighted by Gasteiger charge is 2.14. The van der Waals surface area contributed by atoms with Crippen molar-refractivity contribution in [2.75, 3.05) is 10.6 Å². The summed E-state index contributed by atoms with van der Waals surface area (Å²) in [6.45, 7) is 2.12. The molecule has 0 fully saturated rings. The van der Waals surface area contributed by atoms with Crippen LogP contribution in [0.5, 0.6) is 0 Å². The average molecular weight is 369 g/mol. The quantitative estimate of drug-likeness (QED) is 0.590. The number of aryl methyl sites for hydroxylation is 2. The molecule has 2 aromatic heterocycles. The number of rotatable bonds is 7. The van der Waals surface area contributed by atoms with Crippen LogP contribution in [-0.2, 0) is 20.0 Å². The summed E-state index contributed by atoms with van der Waals surface area (Å²) in [7, 11) is 1.79. The number of nitrogens with zero attached hydrogens (tertiary/aromatic N) is 4. The largest absolute Gasteiger partial charge is 0.365 e. The van der Waals surface area contributed by atoms with Crippen molar-refractivity contribution in [1.82, 2.24) is 19.7 Å². The fourth-order valence-electron chi connectivity index (χ4n) is 2.68. The van der Waals surface area contributed by atoms with Gasteiger partial charge in [-0.15, -0.1) is 0 Å². The van der Waals surface area contributed by atoms with Gasteiger partial charge in [-0.2, -0.15) is 10.1 Å². The van der Waals surface area contributed by atoms with E-state index in [9.17, 15) is 9.18 Å². The maximum Gasteiger partial charge on any atom is 0.254 e. The summed E-state index contributed by atoms with van der Waals surface area (Å²) in [4.78, 5) is 20.1. The number of hydrogen-bond donors (Lipinski definition) is 3. The third kappa shape index (κ3) is 4.20. The van der Waals surface area contributed by atoms with Crippen LogP contribution in [0.15, 0.2) is 36.8 Å². The molecule has 0 saturated heterocycles. The standard InChI is InChI=1S/C18H20FN7O/c1-3-11-5-4-6-15(19)13(11)8-21-17-14(16(20)27)9-22-18(25-17)24-12-7-23-26(2)10-12/h4-7,9-10H,3,8H2,1-2H3,(H2,20,27)(H2,21,22,24,25). The smallest absolute Gasteiger partial charge is 0.254 e. The minimum absolute atomic E-state index is 0.126. The van der Waals surface area contributed by atoms with Gasteiger partial charge in [-0.1, -0.05) is 19.1 Å². The first-order chi connectivity index (χ1) is 13.0. The molecule has 4 N–H and O–H groups in total. The zero-order valence-corrected chi connectivity index (χ0v) is 15.0. The molecule has 140 valence electrons. The minimum Gasteiger partial charge on any atom is -0.365 e. The zero-order chi connectivity index (χ0) is 19.4. The maximum atomic E-state index is 14.2. The minimum atomic E-state index is -0.672. The second-order valence-corrected chi connectivity index (χ2v) is 5.93. The van der Waals surface area contributed by atoms with Gasteiger partial charge in [0, 0.05) is 31.5 Å². The third-order valence-corrected chi connectivity index (χ3v) is 4.04. The molecule has 0 aliphatic carbocycles. The Morgan fingerprint density at radius 2 is 2.15 bits per heavy atom. The fraction of sp³-hybridized carbons (Fsp3) is 0.222. The molecule has 0 aliphatic heterocycles. The monoisotopic (exact) mass is 369 g/mol. The second kappa shape index (κ2) is 7.81. The van der Waals surface area contributed by atoms with E-state index in [0.717, 1.165) is 5.56 Å². The Hall–Kier alpha value is -3.49. The summed E-state index contributed by atoms with van der Waals surface area (Å²) >= 11 is 0. The van der Waals surface area contributed by atoms with Crippen molar-refractivity contribution in [2.24, 2.45) is 12.8 Å². The molecular weight excluding hydrogens is 349 g/mol. The van der Waals surface area contributed by atoms with Crippen LogP contribution in [0, 0.1) is 5.82 Å². The normalized spacial score (nSPS) is 10.6. The van der Waals surface area contributed by atoms with Gasteiger partial charge in [-0.05, 0) is 18.1 Å². The highest BCUT2D eigenvalue weighted by Crippen LogP contribution is 2.20. The molecule has 8 nitrogen and oxygen atoms in total. The van der Waals surface area contributed by atoms with Crippen molar-refractivity contribution >= 4 is 23.4 Å². The molecule has 0 bridgehead atoms. The van der Waals surface area contributed by atoms with Crippen LogP contribution in [0.1, 0.15) is 28.4 Å². The van der Waals surface area contributed by atoms with Crippen molar-refractivity contribution < 1.29 is 9.18 Å². The maximum absolute atomic E-state index is 14.2. The fourth-order valence-corrected chi connectivity index (χ4v) is 2.68. The molecule has 0 radical (unpaired) electrons. The lowest BCUT2D eigenvalue weighted by Gasteiger charge is -2.13. The van der Waals surface area contributed by atoms with E-state index in [1.165, 1.54) is 12.3 Å². The zero-order valence-electron chi connectivity index (χ0n) is 15.0. The number of carbonyl (C=O) groups is 1. The molecule has 0 unspecified atom stereocenters. The second-order valence-electron chi connectivity index (χ2n) is 5.93. The number of primary amides is 1. The highest BCUT2D eigenvalue weighted by molar-refractivity contribution is 5.97. The number of anilines is 3. The summed E-state index contributed by atoms with van der Waals surface area (Å²) in [5.41, 5.74) is 7.63. The van der Waals surface area contributed by atoms with Gasteiger partial charge in [0.15, 0.2) is 0 Å². The number of amides is 1. The molecular formula is C18H20FN7O. The molecule has 0 atom stereocenters. The molecule has 9 heteroatoms. The molecule has 0 spiro atoms. The summed E-state index contributed by atoms with van der Waals surface area (Å²) in [5, 5.41) is 10.0. The number of hydrogen-bond acceptors (Lipinski definition) is 6. The van der Waals surface area contributed by atoms with Crippen LogP contribution in [0.4, 0.5) is 21.8 Å². The number of nitrogens with one attached hydrogen (secondary N) is 2. The van der Waals surface area contributed by atoms with Crippen molar-refractivity contribution in [3.05, 3.63) is 59.3 Å². The molecule has 0 aliphatic rings.